The van der Waals surface area contributed by atoms with Gasteiger partial charge in [-0.3, -0.25) is 5.32 Å². The molecule has 1 amide bonds. The van der Waals surface area contributed by atoms with Gasteiger partial charge in [0.15, 0.2) is 18.0 Å². The summed E-state index contributed by atoms with van der Waals surface area (Å²) in [6, 6.07) is 7.64. The molecule has 0 bridgehead atoms. The number of carbonyl (C=O) groups is 1. The number of hydrogen-bond acceptors (Lipinski definition) is 7. The molecule has 39 heavy (non-hydrogen) atoms. The van der Waals surface area contributed by atoms with E-state index in [1.165, 1.54) is 51.4 Å². The molecule has 0 aromatic heterocycles. The molecule has 0 spiro atoms. The Morgan fingerprint density at radius 1 is 1.00 bits per heavy atom. The quantitative estimate of drug-likeness (QED) is 0.255. The number of rotatable bonds is 15. The van der Waals surface area contributed by atoms with E-state index in [1.807, 2.05) is 45.0 Å². The van der Waals surface area contributed by atoms with Crippen molar-refractivity contribution in [2.24, 2.45) is 0 Å². The second-order valence-electron chi connectivity index (χ2n) is 11.9. The summed E-state index contributed by atoms with van der Waals surface area (Å²) in [5, 5.41) is 2.85. The van der Waals surface area contributed by atoms with E-state index in [-0.39, 0.29) is 12.7 Å². The van der Waals surface area contributed by atoms with E-state index in [9.17, 15) is 4.79 Å². The van der Waals surface area contributed by atoms with Crippen molar-refractivity contribution in [3.05, 3.63) is 29.8 Å². The second-order valence-corrected chi connectivity index (χ2v) is 11.9. The molecule has 3 aliphatic heterocycles. The van der Waals surface area contributed by atoms with Gasteiger partial charge in [0.2, 0.25) is 5.79 Å². The van der Waals surface area contributed by atoms with Crippen molar-refractivity contribution in [3.63, 3.8) is 0 Å². The van der Waals surface area contributed by atoms with Crippen molar-refractivity contribution < 1.29 is 28.5 Å². The van der Waals surface area contributed by atoms with Crippen LogP contribution < -0.4 is 5.32 Å². The Labute approximate surface area is 235 Å². The molecule has 0 saturated carbocycles. The maximum Gasteiger partial charge on any atom is 0.412 e. The van der Waals surface area contributed by atoms with Crippen LogP contribution in [-0.4, -0.2) is 73.7 Å². The summed E-state index contributed by atoms with van der Waals surface area (Å²) in [4.78, 5) is 15.4. The molecule has 3 heterocycles. The lowest BCUT2D eigenvalue weighted by atomic mass is 10.0. The van der Waals surface area contributed by atoms with Crippen molar-refractivity contribution in [2.45, 2.75) is 122 Å². The van der Waals surface area contributed by atoms with Gasteiger partial charge in [-0.05, 0) is 65.3 Å². The van der Waals surface area contributed by atoms with Gasteiger partial charge < -0.3 is 28.6 Å². The lowest BCUT2D eigenvalue weighted by molar-refractivity contribution is -0.278. The van der Waals surface area contributed by atoms with E-state index in [0.717, 1.165) is 31.5 Å². The normalized spacial score (nSPS) is 28.1. The third kappa shape index (κ3) is 8.64. The van der Waals surface area contributed by atoms with Crippen LogP contribution in [0.1, 0.15) is 90.5 Å². The molecule has 3 saturated heterocycles. The lowest BCUT2D eigenvalue weighted by Crippen LogP contribution is -2.46. The molecule has 4 rings (SSSR count). The van der Waals surface area contributed by atoms with Gasteiger partial charge in [-0.1, -0.05) is 69.6 Å². The Morgan fingerprint density at radius 3 is 2.36 bits per heavy atom. The molecule has 3 fully saturated rings. The second kappa shape index (κ2) is 14.3. The van der Waals surface area contributed by atoms with Gasteiger partial charge in [0.05, 0.1) is 0 Å². The van der Waals surface area contributed by atoms with Crippen LogP contribution in [0, 0.1) is 6.92 Å². The zero-order valence-electron chi connectivity index (χ0n) is 24.5. The number of anilines is 1. The molecule has 4 unspecified atom stereocenters. The molecule has 8 nitrogen and oxygen atoms in total. The number of unbranched alkanes of at least 4 members (excludes halogenated alkanes) is 7. The summed E-state index contributed by atoms with van der Waals surface area (Å²) >= 11 is 0. The van der Waals surface area contributed by atoms with Crippen LogP contribution in [0.2, 0.25) is 0 Å². The van der Waals surface area contributed by atoms with Gasteiger partial charge in [0.25, 0.3) is 0 Å². The zero-order valence-corrected chi connectivity index (χ0v) is 24.5. The standard InChI is InChI=1S/C31H50N2O6/c1-5-6-7-8-9-10-11-14-21-35-23-31-28(38-30(3,4)39-31)27(26(37-31)22-33-19-12-13-20-33)36-29(34)32-25-17-15-24(2)16-18-25/h15-18,26-28H,5-14,19-23H2,1-4H3,(H,32,34). The Hall–Kier alpha value is -1.71. The minimum absolute atomic E-state index is 0.244. The number of likely N-dealkylation sites (tertiary alicyclic amines) is 1. The van der Waals surface area contributed by atoms with Gasteiger partial charge in [-0.15, -0.1) is 0 Å². The maximum atomic E-state index is 13.0. The van der Waals surface area contributed by atoms with Crippen LogP contribution in [0.4, 0.5) is 10.5 Å². The predicted octanol–water partition coefficient (Wildman–Crippen LogP) is 6.41. The van der Waals surface area contributed by atoms with Crippen molar-refractivity contribution >= 4 is 11.8 Å². The van der Waals surface area contributed by atoms with E-state index in [4.69, 9.17) is 23.7 Å². The van der Waals surface area contributed by atoms with Crippen LogP contribution in [-0.2, 0) is 23.7 Å². The SMILES string of the molecule is CCCCCCCCCCOCC12OC(CN3CCCC3)C(OC(=O)Nc3ccc(C)cc3)C1OC(C)(C)O2. The number of amides is 1. The number of nitrogens with zero attached hydrogens (tertiary/aromatic N) is 1. The summed E-state index contributed by atoms with van der Waals surface area (Å²) in [5.74, 6) is -1.98. The first-order chi connectivity index (χ1) is 18.8. The molecule has 8 heteroatoms. The fraction of sp³-hybridized carbons (Fsp3) is 0.774. The van der Waals surface area contributed by atoms with Gasteiger partial charge in [-0.2, -0.15) is 0 Å². The summed E-state index contributed by atoms with van der Waals surface area (Å²) in [6.07, 6.45) is 10.2. The van der Waals surface area contributed by atoms with Crippen molar-refractivity contribution in [1.29, 1.82) is 0 Å². The van der Waals surface area contributed by atoms with Crippen LogP contribution >= 0.6 is 0 Å². The van der Waals surface area contributed by atoms with Crippen molar-refractivity contribution in [3.8, 4) is 0 Å². The minimum Gasteiger partial charge on any atom is -0.440 e. The highest BCUT2D eigenvalue weighted by Gasteiger charge is 2.66. The first-order valence-electron chi connectivity index (χ1n) is 15.2. The molecule has 220 valence electrons. The predicted molar refractivity (Wildman–Crippen MR) is 152 cm³/mol. The zero-order chi connectivity index (χ0) is 27.7. The average Bonchev–Trinajstić information content (AvgIpc) is 3.56. The van der Waals surface area contributed by atoms with E-state index in [0.29, 0.717) is 18.8 Å². The number of benzene rings is 1. The van der Waals surface area contributed by atoms with Gasteiger partial charge in [0, 0.05) is 18.8 Å². The molecule has 0 radical (unpaired) electrons. The Bertz CT molecular complexity index is 888. The van der Waals surface area contributed by atoms with Crippen molar-refractivity contribution in [1.82, 2.24) is 4.90 Å². The molecule has 1 aromatic rings. The molecule has 4 atom stereocenters. The fourth-order valence-corrected chi connectivity index (χ4v) is 5.92. The van der Waals surface area contributed by atoms with E-state index >= 15 is 0 Å². The topological polar surface area (TPSA) is 78.5 Å². The molecule has 3 aliphatic rings. The summed E-state index contributed by atoms with van der Waals surface area (Å²) in [7, 11) is 0. The van der Waals surface area contributed by atoms with E-state index < -0.39 is 29.9 Å². The molecular formula is C31H50N2O6. The van der Waals surface area contributed by atoms with Gasteiger partial charge in [0.1, 0.15) is 12.7 Å². The van der Waals surface area contributed by atoms with Gasteiger partial charge in [-0.25, -0.2) is 4.79 Å². The smallest absolute Gasteiger partial charge is 0.412 e. The summed E-state index contributed by atoms with van der Waals surface area (Å²) in [5.41, 5.74) is 1.81. The number of carbonyl (C=O) groups excluding carboxylic acids is 1. The minimum atomic E-state index is -1.11. The molecular weight excluding hydrogens is 496 g/mol. The van der Waals surface area contributed by atoms with Crippen molar-refractivity contribution in [2.75, 3.05) is 38.2 Å². The van der Waals surface area contributed by atoms with Crippen LogP contribution in [0.15, 0.2) is 24.3 Å². The van der Waals surface area contributed by atoms with Crippen LogP contribution in [0.5, 0.6) is 0 Å². The summed E-state index contributed by atoms with van der Waals surface area (Å²) in [6.45, 7) is 11.6. The number of nitrogens with one attached hydrogen (secondary N) is 1. The van der Waals surface area contributed by atoms with E-state index in [1.54, 1.807) is 0 Å². The highest BCUT2D eigenvalue weighted by Crippen LogP contribution is 2.47. The third-order valence-electron chi connectivity index (χ3n) is 7.90. The number of ether oxygens (including phenoxy) is 5. The maximum absolute atomic E-state index is 13.0. The molecule has 1 N–H and O–H groups in total. The Balaban J connectivity index is 1.36. The first kappa shape index (κ1) is 30.3. The van der Waals surface area contributed by atoms with Crippen LogP contribution in [0.25, 0.3) is 0 Å². The van der Waals surface area contributed by atoms with Gasteiger partial charge >= 0.3 is 6.09 Å². The Morgan fingerprint density at radius 2 is 1.67 bits per heavy atom. The lowest BCUT2D eigenvalue weighted by Gasteiger charge is -2.30. The van der Waals surface area contributed by atoms with E-state index in [2.05, 4.69) is 17.1 Å². The summed E-state index contributed by atoms with van der Waals surface area (Å²) < 4.78 is 31.5. The first-order valence-corrected chi connectivity index (χ1v) is 15.2. The fourth-order valence-electron chi connectivity index (χ4n) is 5.92. The van der Waals surface area contributed by atoms with Crippen LogP contribution in [0.3, 0.4) is 0 Å². The number of aryl methyl sites for hydroxylation is 1. The number of fused-ring (bicyclic) bond motifs is 1. The largest absolute Gasteiger partial charge is 0.440 e. The highest BCUT2D eigenvalue weighted by atomic mass is 16.9. The molecule has 1 aromatic carbocycles. The number of hydrogen-bond donors (Lipinski definition) is 1. The highest BCUT2D eigenvalue weighted by molar-refractivity contribution is 5.84. The monoisotopic (exact) mass is 546 g/mol. The molecule has 0 aliphatic carbocycles. The Kier molecular flexibility index (Phi) is 11.1. The third-order valence-corrected chi connectivity index (χ3v) is 7.90. The average molecular weight is 547 g/mol.